The molecule has 0 aliphatic carbocycles. The van der Waals surface area contributed by atoms with Crippen LogP contribution in [0.25, 0.3) is 0 Å². The Balaban J connectivity index is 2.26. The first kappa shape index (κ1) is 11.8. The molecular weight excluding hydrogens is 256 g/mol. The summed E-state index contributed by atoms with van der Waals surface area (Å²) in [5, 5.41) is 5.82. The highest BCUT2D eigenvalue weighted by molar-refractivity contribution is 7.07. The zero-order valence-corrected chi connectivity index (χ0v) is 9.12. The number of hydrogen-bond donors (Lipinski definition) is 1. The number of pyridine rings is 1. The summed E-state index contributed by atoms with van der Waals surface area (Å²) in [6.45, 7) is 0.0697. The van der Waals surface area contributed by atoms with E-state index in [-0.39, 0.29) is 6.54 Å². The van der Waals surface area contributed by atoms with E-state index in [0.29, 0.717) is 0 Å². The predicted molar refractivity (Wildman–Crippen MR) is 55.7 cm³/mol. The molecule has 2 heterocycles. The monoisotopic (exact) mass is 262 g/mol. The van der Waals surface area contributed by atoms with Gasteiger partial charge in [0.05, 0.1) is 0 Å². The second-order valence-corrected chi connectivity index (χ2v) is 3.96. The van der Waals surface area contributed by atoms with E-state index >= 15 is 0 Å². The number of halogens is 4. The van der Waals surface area contributed by atoms with E-state index in [0.717, 1.165) is 5.56 Å². The van der Waals surface area contributed by atoms with Gasteiger partial charge in [-0.25, -0.2) is 0 Å². The van der Waals surface area contributed by atoms with Crippen molar-refractivity contribution in [2.45, 2.75) is 6.54 Å². The lowest BCUT2D eigenvalue weighted by molar-refractivity contribution is 0.410. The van der Waals surface area contributed by atoms with Crippen molar-refractivity contribution in [2.75, 3.05) is 5.32 Å². The number of thiophene rings is 1. The number of rotatable bonds is 3. The van der Waals surface area contributed by atoms with Crippen LogP contribution in [0.2, 0.25) is 0 Å². The molecule has 0 saturated carbocycles. The van der Waals surface area contributed by atoms with Gasteiger partial charge >= 0.3 is 0 Å². The molecule has 2 nitrogen and oxygen atoms in total. The van der Waals surface area contributed by atoms with Crippen LogP contribution in [0.1, 0.15) is 5.56 Å². The van der Waals surface area contributed by atoms with Crippen LogP contribution >= 0.6 is 11.3 Å². The molecule has 0 aliphatic rings. The first-order chi connectivity index (χ1) is 8.09. The van der Waals surface area contributed by atoms with Crippen molar-refractivity contribution < 1.29 is 17.6 Å². The molecule has 0 aromatic carbocycles. The molecule has 0 aliphatic heterocycles. The molecule has 90 valence electrons. The van der Waals surface area contributed by atoms with E-state index in [1.165, 1.54) is 11.3 Å². The van der Waals surface area contributed by atoms with Crippen LogP contribution in [0.5, 0.6) is 0 Å². The maximum absolute atomic E-state index is 13.2. The molecule has 2 aromatic rings. The highest BCUT2D eigenvalue weighted by atomic mass is 32.1. The van der Waals surface area contributed by atoms with Crippen LogP contribution < -0.4 is 5.32 Å². The number of aromatic nitrogens is 1. The highest BCUT2D eigenvalue weighted by Gasteiger charge is 2.20. The van der Waals surface area contributed by atoms with Crippen molar-refractivity contribution in [3.05, 3.63) is 45.9 Å². The fourth-order valence-electron chi connectivity index (χ4n) is 1.23. The van der Waals surface area contributed by atoms with Gasteiger partial charge in [-0.2, -0.15) is 33.9 Å². The van der Waals surface area contributed by atoms with Crippen LogP contribution in [0, 0.1) is 23.5 Å². The largest absolute Gasteiger partial charge is 0.376 e. The third-order valence-electron chi connectivity index (χ3n) is 2.05. The van der Waals surface area contributed by atoms with Crippen molar-refractivity contribution in [3.63, 3.8) is 0 Å². The zero-order chi connectivity index (χ0) is 12.4. The third kappa shape index (κ3) is 2.38. The molecule has 0 amide bonds. The van der Waals surface area contributed by atoms with E-state index in [1.54, 1.807) is 16.8 Å². The summed E-state index contributed by atoms with van der Waals surface area (Å²) >= 11 is 1.40. The molecule has 1 N–H and O–H groups in total. The Hall–Kier alpha value is -1.63. The van der Waals surface area contributed by atoms with Crippen LogP contribution in [0.4, 0.5) is 23.2 Å². The summed E-state index contributed by atoms with van der Waals surface area (Å²) in [6.07, 6.45) is 0. The van der Waals surface area contributed by atoms with Crippen LogP contribution in [-0.4, -0.2) is 4.98 Å². The smallest absolute Gasteiger partial charge is 0.253 e. The molecule has 0 fully saturated rings. The van der Waals surface area contributed by atoms with Crippen LogP contribution in [-0.2, 0) is 6.54 Å². The minimum atomic E-state index is -1.67. The molecule has 17 heavy (non-hydrogen) atoms. The van der Waals surface area contributed by atoms with Crippen molar-refractivity contribution >= 4 is 17.0 Å². The molecule has 0 unspecified atom stereocenters. The maximum Gasteiger partial charge on any atom is 0.253 e. The Bertz CT molecular complexity index is 501. The molecule has 7 heteroatoms. The predicted octanol–water partition coefficient (Wildman–Crippen LogP) is 3.31. The minimum absolute atomic E-state index is 0.0697. The van der Waals surface area contributed by atoms with Gasteiger partial charge in [-0.3, -0.25) is 0 Å². The molecule has 0 saturated heterocycles. The quantitative estimate of drug-likeness (QED) is 0.678. The molecule has 2 aromatic heterocycles. The van der Waals surface area contributed by atoms with E-state index in [2.05, 4.69) is 10.3 Å². The van der Waals surface area contributed by atoms with Gasteiger partial charge in [0.1, 0.15) is 5.69 Å². The van der Waals surface area contributed by atoms with Gasteiger partial charge in [0.2, 0.25) is 11.6 Å². The lowest BCUT2D eigenvalue weighted by Gasteiger charge is -2.08. The Morgan fingerprint density at radius 1 is 1.12 bits per heavy atom. The first-order valence-corrected chi connectivity index (χ1v) is 5.49. The van der Waals surface area contributed by atoms with Crippen molar-refractivity contribution in [2.24, 2.45) is 0 Å². The molecule has 0 spiro atoms. The normalized spacial score (nSPS) is 10.6. The molecular formula is C10H6F4N2S. The fraction of sp³-hybridized carbons (Fsp3) is 0.100. The van der Waals surface area contributed by atoms with Gasteiger partial charge in [-0.15, -0.1) is 0 Å². The molecule has 0 bridgehead atoms. The van der Waals surface area contributed by atoms with Crippen molar-refractivity contribution in [1.29, 1.82) is 0 Å². The summed E-state index contributed by atoms with van der Waals surface area (Å²) in [5.74, 6) is -6.40. The fourth-order valence-corrected chi connectivity index (χ4v) is 1.89. The van der Waals surface area contributed by atoms with Crippen molar-refractivity contribution in [3.8, 4) is 0 Å². The highest BCUT2D eigenvalue weighted by Crippen LogP contribution is 2.22. The van der Waals surface area contributed by atoms with Gasteiger partial charge in [-0.1, -0.05) is 0 Å². The minimum Gasteiger partial charge on any atom is -0.376 e. The summed E-state index contributed by atoms with van der Waals surface area (Å²) in [5.41, 5.74) is -0.0902. The molecule has 2 rings (SSSR count). The number of anilines is 1. The Labute approximate surface area is 97.9 Å². The van der Waals surface area contributed by atoms with Gasteiger partial charge < -0.3 is 5.32 Å². The lowest BCUT2D eigenvalue weighted by atomic mass is 10.3. The SMILES string of the molecule is Fc1nc(F)c(F)c(NCc2ccsc2)c1F. The second kappa shape index (κ2) is 4.70. The number of nitrogens with one attached hydrogen (secondary N) is 1. The zero-order valence-electron chi connectivity index (χ0n) is 8.31. The summed E-state index contributed by atoms with van der Waals surface area (Å²) in [7, 11) is 0. The summed E-state index contributed by atoms with van der Waals surface area (Å²) in [4.78, 5) is 2.46. The maximum atomic E-state index is 13.2. The average Bonchev–Trinajstić information content (AvgIpc) is 2.79. The Morgan fingerprint density at radius 2 is 1.76 bits per heavy atom. The van der Waals surface area contributed by atoms with Gasteiger partial charge in [0.15, 0.2) is 0 Å². The van der Waals surface area contributed by atoms with Gasteiger partial charge in [-0.05, 0) is 22.4 Å². The van der Waals surface area contributed by atoms with Gasteiger partial charge in [0, 0.05) is 6.54 Å². The third-order valence-corrected chi connectivity index (χ3v) is 2.78. The van der Waals surface area contributed by atoms with Crippen LogP contribution in [0.15, 0.2) is 16.8 Å². The average molecular weight is 262 g/mol. The molecule has 0 radical (unpaired) electrons. The van der Waals surface area contributed by atoms with E-state index in [4.69, 9.17) is 0 Å². The molecule has 0 atom stereocenters. The van der Waals surface area contributed by atoms with Crippen LogP contribution in [0.3, 0.4) is 0 Å². The number of nitrogens with zero attached hydrogens (tertiary/aromatic N) is 1. The second-order valence-electron chi connectivity index (χ2n) is 3.18. The topological polar surface area (TPSA) is 24.9 Å². The number of hydrogen-bond acceptors (Lipinski definition) is 3. The standard InChI is InChI=1S/C10H6F4N2S/c11-6-8(7(12)10(14)16-9(6)13)15-3-5-1-2-17-4-5/h1-2,4H,3H2,(H,15,16). The van der Waals surface area contributed by atoms with E-state index in [1.807, 2.05) is 0 Å². The van der Waals surface area contributed by atoms with Crippen molar-refractivity contribution in [1.82, 2.24) is 4.98 Å². The Morgan fingerprint density at radius 3 is 2.29 bits per heavy atom. The van der Waals surface area contributed by atoms with Gasteiger partial charge in [0.25, 0.3) is 11.9 Å². The van der Waals surface area contributed by atoms with E-state index < -0.39 is 29.2 Å². The summed E-state index contributed by atoms with van der Waals surface area (Å²) in [6, 6.07) is 1.72. The lowest BCUT2D eigenvalue weighted by Crippen LogP contribution is -2.08. The van der Waals surface area contributed by atoms with E-state index in [9.17, 15) is 17.6 Å². The summed E-state index contributed by atoms with van der Waals surface area (Å²) < 4.78 is 51.8. The Kier molecular flexibility index (Phi) is 3.28. The first-order valence-electron chi connectivity index (χ1n) is 4.54.